The van der Waals surface area contributed by atoms with Crippen LogP contribution >= 0.6 is 23.2 Å². The summed E-state index contributed by atoms with van der Waals surface area (Å²) in [7, 11) is 0. The molecule has 0 aliphatic carbocycles. The Morgan fingerprint density at radius 2 is 1.95 bits per heavy atom. The number of carbonyl (C=O) groups is 2. The second-order valence-corrected chi connectivity index (χ2v) is 5.68. The molecule has 22 heavy (non-hydrogen) atoms. The lowest BCUT2D eigenvalue weighted by Crippen LogP contribution is -2.50. The van der Waals surface area contributed by atoms with E-state index in [0.29, 0.717) is 26.3 Å². The number of rotatable bonds is 3. The van der Waals surface area contributed by atoms with Gasteiger partial charge >= 0.3 is 0 Å². The highest BCUT2D eigenvalue weighted by molar-refractivity contribution is 6.43. The monoisotopic (exact) mass is 346 g/mol. The van der Waals surface area contributed by atoms with E-state index in [4.69, 9.17) is 27.9 Å². The van der Waals surface area contributed by atoms with Gasteiger partial charge in [-0.3, -0.25) is 9.59 Å². The minimum absolute atomic E-state index is 0.0315. The van der Waals surface area contributed by atoms with Crippen LogP contribution in [-0.2, 0) is 9.53 Å². The molecule has 1 atom stereocenters. The lowest BCUT2D eigenvalue weighted by atomic mass is 10.1. The van der Waals surface area contributed by atoms with E-state index in [-0.39, 0.29) is 21.5 Å². The minimum atomic E-state index is -0.723. The third-order valence-electron chi connectivity index (χ3n) is 3.35. The first-order chi connectivity index (χ1) is 10.4. The largest absolute Gasteiger partial charge is 0.505 e. The van der Waals surface area contributed by atoms with E-state index >= 15 is 0 Å². The fraction of sp³-hybridized carbons (Fsp3) is 0.429. The summed E-state index contributed by atoms with van der Waals surface area (Å²) < 4.78 is 5.18. The smallest absolute Gasteiger partial charge is 0.255 e. The Labute approximate surface area is 137 Å². The van der Waals surface area contributed by atoms with Crippen molar-refractivity contribution in [3.63, 3.8) is 0 Å². The van der Waals surface area contributed by atoms with Crippen molar-refractivity contribution in [1.29, 1.82) is 0 Å². The second kappa shape index (κ2) is 7.17. The number of phenols is 1. The van der Waals surface area contributed by atoms with Crippen molar-refractivity contribution in [3.05, 3.63) is 27.7 Å². The topological polar surface area (TPSA) is 78.9 Å². The van der Waals surface area contributed by atoms with Crippen LogP contribution in [0.2, 0.25) is 10.0 Å². The molecule has 0 bridgehead atoms. The van der Waals surface area contributed by atoms with Crippen LogP contribution in [0.5, 0.6) is 5.75 Å². The first kappa shape index (κ1) is 16.9. The molecule has 2 N–H and O–H groups in total. The predicted octanol–water partition coefficient (Wildman–Crippen LogP) is 1.68. The lowest BCUT2D eigenvalue weighted by Gasteiger charge is -2.29. The molecule has 6 nitrogen and oxygen atoms in total. The van der Waals surface area contributed by atoms with E-state index < -0.39 is 17.7 Å². The molecule has 1 aliphatic rings. The van der Waals surface area contributed by atoms with Gasteiger partial charge in [-0.15, -0.1) is 0 Å². The molecule has 0 spiro atoms. The SMILES string of the molecule is CC(NC(=O)c1ccc(Cl)c(Cl)c1O)C(=O)N1CCOCC1. The molecule has 1 aromatic rings. The molecule has 120 valence electrons. The van der Waals surface area contributed by atoms with Crippen LogP contribution in [0.3, 0.4) is 0 Å². The molecule has 1 saturated heterocycles. The number of nitrogens with one attached hydrogen (secondary N) is 1. The minimum Gasteiger partial charge on any atom is -0.505 e. The van der Waals surface area contributed by atoms with Gasteiger partial charge in [0.15, 0.2) is 0 Å². The van der Waals surface area contributed by atoms with Gasteiger partial charge in [0.25, 0.3) is 5.91 Å². The average Bonchev–Trinajstić information content (AvgIpc) is 2.52. The number of hydrogen-bond acceptors (Lipinski definition) is 4. The van der Waals surface area contributed by atoms with Crippen LogP contribution < -0.4 is 5.32 Å². The van der Waals surface area contributed by atoms with Crippen LogP contribution in [0.4, 0.5) is 0 Å². The Hall–Kier alpha value is -1.50. The van der Waals surface area contributed by atoms with Crippen molar-refractivity contribution >= 4 is 35.0 Å². The molecule has 2 rings (SSSR count). The molecule has 0 saturated carbocycles. The maximum Gasteiger partial charge on any atom is 0.255 e. The van der Waals surface area contributed by atoms with Crippen molar-refractivity contribution in [3.8, 4) is 5.75 Å². The van der Waals surface area contributed by atoms with Crippen molar-refractivity contribution < 1.29 is 19.4 Å². The summed E-state index contributed by atoms with van der Waals surface area (Å²) in [6, 6.07) is 2.04. The molecular weight excluding hydrogens is 331 g/mol. The zero-order chi connectivity index (χ0) is 16.3. The first-order valence-electron chi connectivity index (χ1n) is 6.76. The van der Waals surface area contributed by atoms with Gasteiger partial charge in [0, 0.05) is 13.1 Å². The van der Waals surface area contributed by atoms with E-state index in [1.807, 2.05) is 0 Å². The fourth-order valence-electron chi connectivity index (χ4n) is 2.12. The number of phenolic OH excluding ortho intramolecular Hbond substituents is 1. The van der Waals surface area contributed by atoms with Crippen LogP contribution in [0.15, 0.2) is 12.1 Å². The number of nitrogens with zero attached hydrogens (tertiary/aromatic N) is 1. The number of carbonyl (C=O) groups excluding carboxylic acids is 2. The highest BCUT2D eigenvalue weighted by atomic mass is 35.5. The van der Waals surface area contributed by atoms with Gasteiger partial charge in [0.2, 0.25) is 5.91 Å². The maximum absolute atomic E-state index is 12.2. The summed E-state index contributed by atoms with van der Waals surface area (Å²) in [6.07, 6.45) is 0. The Bertz CT molecular complexity index is 588. The normalized spacial score (nSPS) is 16.2. The molecular formula is C14H16Cl2N2O4. The van der Waals surface area contributed by atoms with Crippen molar-refractivity contribution in [2.24, 2.45) is 0 Å². The van der Waals surface area contributed by atoms with Gasteiger partial charge in [-0.1, -0.05) is 23.2 Å². The molecule has 2 amide bonds. The molecule has 1 unspecified atom stereocenters. The zero-order valence-electron chi connectivity index (χ0n) is 11.9. The number of hydrogen-bond donors (Lipinski definition) is 2. The van der Waals surface area contributed by atoms with Crippen LogP contribution in [-0.4, -0.2) is 54.2 Å². The molecule has 1 heterocycles. The summed E-state index contributed by atoms with van der Waals surface area (Å²) in [6.45, 7) is 3.55. The highest BCUT2D eigenvalue weighted by Crippen LogP contribution is 2.33. The van der Waals surface area contributed by atoms with Crippen LogP contribution in [0.1, 0.15) is 17.3 Å². The van der Waals surface area contributed by atoms with E-state index in [2.05, 4.69) is 5.32 Å². The third-order valence-corrected chi connectivity index (χ3v) is 4.15. The molecule has 0 radical (unpaired) electrons. The molecule has 0 aromatic heterocycles. The molecule has 1 fully saturated rings. The van der Waals surface area contributed by atoms with Gasteiger partial charge in [-0.2, -0.15) is 0 Å². The maximum atomic E-state index is 12.2. The lowest BCUT2D eigenvalue weighted by molar-refractivity contribution is -0.136. The quantitative estimate of drug-likeness (QED) is 0.872. The Balaban J connectivity index is 2.05. The number of ether oxygens (including phenoxy) is 1. The summed E-state index contributed by atoms with van der Waals surface area (Å²) in [4.78, 5) is 26.0. The van der Waals surface area contributed by atoms with E-state index in [9.17, 15) is 14.7 Å². The summed E-state index contributed by atoms with van der Waals surface area (Å²) in [5.74, 6) is -1.20. The number of morpholine rings is 1. The van der Waals surface area contributed by atoms with Gasteiger partial charge in [0.05, 0.1) is 23.8 Å². The van der Waals surface area contributed by atoms with Gasteiger partial charge in [0.1, 0.15) is 16.8 Å². The molecule has 8 heteroatoms. The van der Waals surface area contributed by atoms with Crippen molar-refractivity contribution in [2.75, 3.05) is 26.3 Å². The van der Waals surface area contributed by atoms with Crippen molar-refractivity contribution in [1.82, 2.24) is 10.2 Å². The Morgan fingerprint density at radius 3 is 2.59 bits per heavy atom. The third kappa shape index (κ3) is 3.63. The zero-order valence-corrected chi connectivity index (χ0v) is 13.4. The van der Waals surface area contributed by atoms with Gasteiger partial charge < -0.3 is 20.1 Å². The number of halogens is 2. The molecule has 1 aromatic carbocycles. The molecule has 1 aliphatic heterocycles. The number of benzene rings is 1. The summed E-state index contributed by atoms with van der Waals surface area (Å²) in [5.41, 5.74) is -0.0315. The van der Waals surface area contributed by atoms with Crippen LogP contribution in [0.25, 0.3) is 0 Å². The Kier molecular flexibility index (Phi) is 5.50. The first-order valence-corrected chi connectivity index (χ1v) is 7.51. The number of aromatic hydroxyl groups is 1. The van der Waals surface area contributed by atoms with Crippen molar-refractivity contribution in [2.45, 2.75) is 13.0 Å². The average molecular weight is 347 g/mol. The standard InChI is InChI=1S/C14H16Cl2N2O4/c1-8(14(21)18-4-6-22-7-5-18)17-13(20)9-2-3-10(15)11(16)12(9)19/h2-3,8,19H,4-7H2,1H3,(H,17,20). The fourth-order valence-corrected chi connectivity index (χ4v) is 2.43. The predicted molar refractivity (Wildman–Crippen MR) is 82.5 cm³/mol. The number of amides is 2. The van der Waals surface area contributed by atoms with E-state index in [0.717, 1.165) is 0 Å². The van der Waals surface area contributed by atoms with E-state index in [1.54, 1.807) is 11.8 Å². The second-order valence-electron chi connectivity index (χ2n) is 4.89. The summed E-state index contributed by atoms with van der Waals surface area (Å²) in [5, 5.41) is 12.5. The van der Waals surface area contributed by atoms with Gasteiger partial charge in [-0.25, -0.2) is 0 Å². The van der Waals surface area contributed by atoms with Crippen LogP contribution in [0, 0.1) is 0 Å². The highest BCUT2D eigenvalue weighted by Gasteiger charge is 2.25. The van der Waals surface area contributed by atoms with E-state index in [1.165, 1.54) is 12.1 Å². The van der Waals surface area contributed by atoms with Gasteiger partial charge in [-0.05, 0) is 19.1 Å². The Morgan fingerprint density at radius 1 is 1.32 bits per heavy atom. The summed E-state index contributed by atoms with van der Waals surface area (Å²) >= 11 is 11.5.